The van der Waals surface area contributed by atoms with Crippen LogP contribution in [0.15, 0.2) is 107 Å². The normalized spacial score (nSPS) is 12.8. The summed E-state index contributed by atoms with van der Waals surface area (Å²) in [4.78, 5) is 51.1. The van der Waals surface area contributed by atoms with E-state index in [-0.39, 0.29) is 62.8 Å². The number of methoxy groups -OCH3 is 2. The highest BCUT2D eigenvalue weighted by atomic mass is 35.5. The number of pyridine rings is 3. The van der Waals surface area contributed by atoms with E-state index in [2.05, 4.69) is 20.3 Å². The maximum absolute atomic E-state index is 14.6. The summed E-state index contributed by atoms with van der Waals surface area (Å²) in [6.45, 7) is 1.08. The molecule has 0 saturated carbocycles. The highest BCUT2D eigenvalue weighted by molar-refractivity contribution is 6.41. The van der Waals surface area contributed by atoms with Crippen molar-refractivity contribution < 1.29 is 23.7 Å². The molecule has 1 N–H and O–H groups in total. The highest BCUT2D eigenvalue weighted by Crippen LogP contribution is 2.45. The Morgan fingerprint density at radius 1 is 1.04 bits per heavy atom. The largest absolute Gasteiger partial charge is 0.495 e. The Hall–Kier alpha value is -5.89. The maximum atomic E-state index is 14.6. The van der Waals surface area contributed by atoms with Crippen molar-refractivity contribution in [1.29, 1.82) is 0 Å². The van der Waals surface area contributed by atoms with Gasteiger partial charge in [-0.2, -0.15) is 0 Å². The van der Waals surface area contributed by atoms with Gasteiger partial charge in [0.25, 0.3) is 5.56 Å². The average molecular weight is 784 g/mol. The minimum Gasteiger partial charge on any atom is -0.495 e. The van der Waals surface area contributed by atoms with Gasteiger partial charge in [-0.3, -0.25) is 14.6 Å². The Labute approximate surface area is 326 Å². The summed E-state index contributed by atoms with van der Waals surface area (Å²) in [6, 6.07) is 16.2. The molecule has 1 aliphatic rings. The Bertz CT molecular complexity index is 2420. The summed E-state index contributed by atoms with van der Waals surface area (Å²) < 4.78 is 13.0. The number of ketones is 1. The third-order valence-corrected chi connectivity index (χ3v) is 9.80. The Morgan fingerprint density at radius 3 is 2.44 bits per heavy atom. The predicted molar refractivity (Wildman–Crippen MR) is 214 cm³/mol. The zero-order valence-electron chi connectivity index (χ0n) is 30.6. The van der Waals surface area contributed by atoms with Crippen LogP contribution in [0.4, 0.5) is 11.5 Å². The summed E-state index contributed by atoms with van der Waals surface area (Å²) in [5.41, 5.74) is 3.69. The smallest absolute Gasteiger partial charge is 0.368 e. The van der Waals surface area contributed by atoms with Gasteiger partial charge in [-0.15, -0.1) is 0 Å². The average Bonchev–Trinajstić information content (AvgIpc) is 3.62. The van der Waals surface area contributed by atoms with Gasteiger partial charge in [-0.05, 0) is 46.4 Å². The molecule has 13 nitrogen and oxygen atoms in total. The van der Waals surface area contributed by atoms with E-state index in [4.69, 9.17) is 32.7 Å². The summed E-state index contributed by atoms with van der Waals surface area (Å²) in [7, 11) is 6.82. The van der Waals surface area contributed by atoms with Crippen molar-refractivity contribution >= 4 is 57.6 Å². The first kappa shape index (κ1) is 38.8. The van der Waals surface area contributed by atoms with Crippen LogP contribution in [0.5, 0.6) is 11.5 Å². The third kappa shape index (κ3) is 8.92. The summed E-state index contributed by atoms with van der Waals surface area (Å²) in [6.07, 6.45) is 10.5. The van der Waals surface area contributed by atoms with Gasteiger partial charge >= 0.3 is 5.82 Å². The molecule has 0 amide bonds. The molecule has 0 fully saturated rings. The molecule has 0 unspecified atom stereocenters. The van der Waals surface area contributed by atoms with Crippen molar-refractivity contribution in [3.63, 3.8) is 0 Å². The van der Waals surface area contributed by atoms with Gasteiger partial charge < -0.3 is 34.0 Å². The number of nitrogens with zero attached hydrogens (tertiary/aromatic N) is 6. The van der Waals surface area contributed by atoms with Crippen LogP contribution >= 0.6 is 23.2 Å². The van der Waals surface area contributed by atoms with Crippen LogP contribution in [0.3, 0.4) is 0 Å². The molecule has 0 radical (unpaired) electrons. The Balaban J connectivity index is 1.31. The fourth-order valence-electron chi connectivity index (χ4n) is 6.45. The number of likely N-dealkylation sites (N-methyl/N-ethyl adjacent to an activating group) is 1. The first-order valence-electron chi connectivity index (χ1n) is 17.2. The van der Waals surface area contributed by atoms with Gasteiger partial charge in [0.15, 0.2) is 5.78 Å². The number of quaternary nitrogens is 1. The van der Waals surface area contributed by atoms with Crippen molar-refractivity contribution in [3.8, 4) is 22.6 Å². The molecule has 2 aromatic carbocycles. The quantitative estimate of drug-likeness (QED) is 0.0500. The van der Waals surface area contributed by atoms with E-state index >= 15 is 0 Å². The number of nitrogens with one attached hydrogen (secondary N) is 1. The van der Waals surface area contributed by atoms with E-state index in [1.54, 1.807) is 59.7 Å². The first-order chi connectivity index (χ1) is 26.4. The number of rotatable bonds is 15. The lowest BCUT2D eigenvalue weighted by Gasteiger charge is -2.28. The molecule has 15 heteroatoms. The zero-order chi connectivity index (χ0) is 39.3. The van der Waals surface area contributed by atoms with Crippen LogP contribution < -0.4 is 20.3 Å². The number of nitro groups is 1. The van der Waals surface area contributed by atoms with E-state index in [0.29, 0.717) is 46.3 Å². The molecule has 0 spiro atoms. The molecule has 4 heterocycles. The van der Waals surface area contributed by atoms with Crippen molar-refractivity contribution in [1.82, 2.24) is 14.5 Å². The molecule has 0 atom stereocenters. The second-order valence-corrected chi connectivity index (χ2v) is 14.3. The Morgan fingerprint density at radius 2 is 1.75 bits per heavy atom. The van der Waals surface area contributed by atoms with E-state index in [9.17, 15) is 19.7 Å². The number of fused-ring (bicyclic) bond motifs is 1. The lowest BCUT2D eigenvalue weighted by atomic mass is 10.0. The van der Waals surface area contributed by atoms with Crippen molar-refractivity contribution in [2.24, 2.45) is 4.99 Å². The molecule has 3 aromatic heterocycles. The summed E-state index contributed by atoms with van der Waals surface area (Å²) in [5, 5.41) is 15.5. The van der Waals surface area contributed by atoms with Crippen molar-refractivity contribution in [3.05, 3.63) is 138 Å². The number of aromatic nitrogens is 3. The number of carbonyl (C=O) groups excluding carboxylic acids is 1. The van der Waals surface area contributed by atoms with Gasteiger partial charge in [-0.1, -0.05) is 52.5 Å². The number of allylic oxidation sites excluding steroid dienone is 1. The van der Waals surface area contributed by atoms with Gasteiger partial charge in [0.2, 0.25) is 0 Å². The predicted octanol–water partition coefficient (Wildman–Crippen LogP) is 7.28. The second-order valence-electron chi connectivity index (χ2n) is 13.6. The number of ether oxygens (including phenoxy) is 2. The molecular weight excluding hydrogens is 745 g/mol. The number of halogens is 2. The number of anilines is 2. The van der Waals surface area contributed by atoms with Crippen LogP contribution in [-0.4, -0.2) is 77.3 Å². The van der Waals surface area contributed by atoms with Gasteiger partial charge in [0, 0.05) is 60.2 Å². The van der Waals surface area contributed by atoms with E-state index < -0.39 is 4.92 Å². The monoisotopic (exact) mass is 782 g/mol. The molecule has 1 aliphatic heterocycles. The fraction of sp³-hybridized carbons (Fsp3) is 0.225. The fourth-order valence-corrected chi connectivity index (χ4v) is 7.15. The van der Waals surface area contributed by atoms with Crippen LogP contribution in [0.2, 0.25) is 10.0 Å². The number of benzene rings is 2. The second kappa shape index (κ2) is 16.6. The highest BCUT2D eigenvalue weighted by Gasteiger charge is 2.28. The number of carbonyl (C=O) groups is 1. The summed E-state index contributed by atoms with van der Waals surface area (Å²) >= 11 is 13.6. The van der Waals surface area contributed by atoms with Crippen molar-refractivity contribution in [2.75, 3.05) is 46.7 Å². The SMILES string of the molecule is COc1cc(OC)c(Cl)c(-c2cc3cnc(Nc4ccncc4)cc3n(Cc3cccc(CC(=O)/C=C/C[N+](C)(C)CC4=C([N+](=O)[O-])N=CC4)c3)c2=O)c1Cl. The van der Waals surface area contributed by atoms with Crippen LogP contribution in [0, 0.1) is 10.1 Å². The lowest BCUT2D eigenvalue weighted by Crippen LogP contribution is -2.41. The van der Waals surface area contributed by atoms with Gasteiger partial charge in [-0.25, -0.2) is 4.98 Å². The molecule has 5 aromatic rings. The van der Waals surface area contributed by atoms with Gasteiger partial charge in [0.1, 0.15) is 30.1 Å². The van der Waals surface area contributed by atoms with Crippen molar-refractivity contribution in [2.45, 2.75) is 19.4 Å². The lowest BCUT2D eigenvalue weighted by molar-refractivity contribution is -0.880. The minimum atomic E-state index is -0.457. The van der Waals surface area contributed by atoms with E-state index in [0.717, 1.165) is 16.8 Å². The molecule has 55 heavy (non-hydrogen) atoms. The Kier molecular flexibility index (Phi) is 11.7. The molecule has 6 rings (SSSR count). The van der Waals surface area contributed by atoms with Crippen LogP contribution in [-0.2, 0) is 17.8 Å². The minimum absolute atomic E-state index is 0.0972. The molecule has 0 aliphatic carbocycles. The molecule has 0 bridgehead atoms. The van der Waals surface area contributed by atoms with E-state index in [1.165, 1.54) is 14.2 Å². The third-order valence-electron chi connectivity index (χ3n) is 9.05. The van der Waals surface area contributed by atoms with E-state index in [1.807, 2.05) is 50.5 Å². The number of hydrogen-bond acceptors (Lipinski definition) is 10. The molecule has 0 saturated heterocycles. The zero-order valence-corrected chi connectivity index (χ0v) is 32.1. The molecule has 282 valence electrons. The standard InChI is InChI=1S/C40H37Cl2N7O6/c1-49(2,24-27-10-15-44-39(27)48(52)53)16-6-9-30(50)18-25-7-5-8-26(17-25)23-47-32-20-35(46-29-11-13-43-14-12-29)45-22-28(32)19-31(40(47)51)36-37(41)33(54-3)21-34(55-4)38(36)42/h5-9,11-15,17,19-22H,10,16,18,23-24H2,1-4H3/p+1/b9-6+. The topological polar surface area (TPSA) is 151 Å². The summed E-state index contributed by atoms with van der Waals surface area (Å²) in [5.74, 6) is 0.888. The maximum Gasteiger partial charge on any atom is 0.368 e. The van der Waals surface area contributed by atoms with Gasteiger partial charge in [0.05, 0.1) is 68.1 Å². The molecular formula is C40H38Cl2N7O6+. The number of hydrogen-bond donors (Lipinski definition) is 1. The van der Waals surface area contributed by atoms with Crippen LogP contribution in [0.1, 0.15) is 17.5 Å². The van der Waals surface area contributed by atoms with Crippen LogP contribution in [0.25, 0.3) is 22.0 Å². The first-order valence-corrected chi connectivity index (χ1v) is 17.9. The number of aliphatic imine (C=N–C) groups is 1.